The van der Waals surface area contributed by atoms with Crippen molar-refractivity contribution in [1.82, 2.24) is 19.2 Å². The van der Waals surface area contributed by atoms with Crippen LogP contribution in [0.15, 0.2) is 59.7 Å². The molecule has 1 aliphatic carbocycles. The molecule has 1 N–H and O–H groups in total. The summed E-state index contributed by atoms with van der Waals surface area (Å²) in [6.45, 7) is 5.90. The number of ether oxygens (including phenoxy) is 1. The van der Waals surface area contributed by atoms with Crippen LogP contribution in [-0.2, 0) is 17.6 Å². The second kappa shape index (κ2) is 11.7. The van der Waals surface area contributed by atoms with Crippen LogP contribution in [0.3, 0.4) is 0 Å². The van der Waals surface area contributed by atoms with Gasteiger partial charge in [-0.2, -0.15) is 15.3 Å². The van der Waals surface area contributed by atoms with Crippen molar-refractivity contribution in [3.63, 3.8) is 0 Å². The van der Waals surface area contributed by atoms with Gasteiger partial charge < -0.3 is 9.84 Å². The van der Waals surface area contributed by atoms with E-state index in [2.05, 4.69) is 23.1 Å². The summed E-state index contributed by atoms with van der Waals surface area (Å²) in [5.74, 6) is 0.599. The van der Waals surface area contributed by atoms with Crippen molar-refractivity contribution < 1.29 is 9.84 Å². The number of aryl methyl sites for hydroxylation is 1. The SMILES string of the molecule is CCCc1c(Cc2ccc(-c3ccccc3C#N)cc2)c(=O)n(C2CCC(OCC(C)(C)O)CC2)c2ncnn12. The van der Waals surface area contributed by atoms with Gasteiger partial charge >= 0.3 is 0 Å². The topological polar surface area (TPSA) is 105 Å². The van der Waals surface area contributed by atoms with Gasteiger partial charge in [0.2, 0.25) is 5.78 Å². The molecule has 0 saturated heterocycles. The molecule has 2 aromatic carbocycles. The number of rotatable bonds is 9. The normalized spacial score (nSPS) is 17.7. The van der Waals surface area contributed by atoms with Gasteiger partial charge in [-0.3, -0.25) is 9.36 Å². The molecule has 4 aromatic rings. The molecule has 2 aromatic heterocycles. The summed E-state index contributed by atoms with van der Waals surface area (Å²) in [6.07, 6.45) is 6.99. The van der Waals surface area contributed by atoms with Crippen LogP contribution in [0, 0.1) is 11.3 Å². The van der Waals surface area contributed by atoms with Gasteiger partial charge in [0.1, 0.15) is 6.33 Å². The minimum absolute atomic E-state index is 0.00344. The maximum atomic E-state index is 14.2. The zero-order valence-electron chi connectivity index (χ0n) is 23.5. The summed E-state index contributed by atoms with van der Waals surface area (Å²) in [7, 11) is 0. The fourth-order valence-electron chi connectivity index (χ4n) is 5.71. The summed E-state index contributed by atoms with van der Waals surface area (Å²) in [5, 5.41) is 24.1. The standard InChI is InChI=1S/C32H37N5O3/c1-4-7-29-28(18-22-10-12-23(13-11-22)27-9-6-5-8-24(27)19-33)30(38)36(31-34-21-35-37(29)31)25-14-16-26(17-15-25)40-20-32(2,3)39/h5-6,8-13,21,25-26,39H,4,7,14-18,20H2,1-3H3. The molecule has 40 heavy (non-hydrogen) atoms. The van der Waals surface area contributed by atoms with Crippen molar-refractivity contribution in [3.8, 4) is 17.2 Å². The maximum Gasteiger partial charge on any atom is 0.259 e. The number of fused-ring (bicyclic) bond motifs is 1. The van der Waals surface area contributed by atoms with Gasteiger partial charge in [0.05, 0.1) is 35.6 Å². The largest absolute Gasteiger partial charge is 0.388 e. The lowest BCUT2D eigenvalue weighted by molar-refractivity contribution is -0.0654. The number of hydrogen-bond donors (Lipinski definition) is 1. The molecule has 8 nitrogen and oxygen atoms in total. The van der Waals surface area contributed by atoms with E-state index in [-0.39, 0.29) is 17.7 Å². The monoisotopic (exact) mass is 539 g/mol. The number of nitriles is 1. The van der Waals surface area contributed by atoms with Crippen LogP contribution in [0.4, 0.5) is 0 Å². The molecule has 0 atom stereocenters. The molecule has 0 amide bonds. The van der Waals surface area contributed by atoms with Crippen molar-refractivity contribution in [3.05, 3.63) is 87.6 Å². The van der Waals surface area contributed by atoms with E-state index in [0.29, 0.717) is 24.4 Å². The highest BCUT2D eigenvalue weighted by Gasteiger charge is 2.29. The fraction of sp³-hybridized carbons (Fsp3) is 0.438. The van der Waals surface area contributed by atoms with Crippen LogP contribution in [0.25, 0.3) is 16.9 Å². The Hall–Kier alpha value is -3.80. The van der Waals surface area contributed by atoms with Gasteiger partial charge in [0.15, 0.2) is 0 Å². The minimum Gasteiger partial charge on any atom is -0.388 e. The lowest BCUT2D eigenvalue weighted by Gasteiger charge is -2.32. The molecule has 8 heteroatoms. The minimum atomic E-state index is -0.858. The second-order valence-corrected chi connectivity index (χ2v) is 11.4. The van der Waals surface area contributed by atoms with Crippen LogP contribution in [0.5, 0.6) is 0 Å². The van der Waals surface area contributed by atoms with E-state index < -0.39 is 5.60 Å². The third-order valence-electron chi connectivity index (χ3n) is 7.69. The Kier molecular flexibility index (Phi) is 8.15. The zero-order chi connectivity index (χ0) is 28.3. The Morgan fingerprint density at radius 2 is 1.82 bits per heavy atom. The highest BCUT2D eigenvalue weighted by Crippen LogP contribution is 2.31. The highest BCUT2D eigenvalue weighted by molar-refractivity contribution is 5.70. The molecule has 0 radical (unpaired) electrons. The third-order valence-corrected chi connectivity index (χ3v) is 7.69. The number of aliphatic hydroxyl groups is 1. The molecule has 208 valence electrons. The van der Waals surface area contributed by atoms with Crippen molar-refractivity contribution in [2.45, 2.75) is 83.5 Å². The van der Waals surface area contributed by atoms with Crippen molar-refractivity contribution >= 4 is 5.78 Å². The smallest absolute Gasteiger partial charge is 0.259 e. The average molecular weight is 540 g/mol. The first-order valence-electron chi connectivity index (χ1n) is 14.2. The number of hydrogen-bond acceptors (Lipinski definition) is 6. The third kappa shape index (κ3) is 5.86. The molecule has 0 aliphatic heterocycles. The summed E-state index contributed by atoms with van der Waals surface area (Å²) in [4.78, 5) is 18.7. The van der Waals surface area contributed by atoms with E-state index in [9.17, 15) is 15.2 Å². The molecule has 1 aliphatic rings. The number of nitrogens with zero attached hydrogens (tertiary/aromatic N) is 5. The average Bonchev–Trinajstić information content (AvgIpc) is 3.44. The molecule has 5 rings (SSSR count). The van der Waals surface area contributed by atoms with E-state index in [4.69, 9.17) is 4.74 Å². The quantitative estimate of drug-likeness (QED) is 0.312. The number of benzene rings is 2. The Bertz CT molecular complexity index is 1570. The van der Waals surface area contributed by atoms with Crippen molar-refractivity contribution in [2.75, 3.05) is 6.61 Å². The molecule has 0 bridgehead atoms. The van der Waals surface area contributed by atoms with Gasteiger partial charge in [-0.15, -0.1) is 0 Å². The Labute approximate surface area is 234 Å². The second-order valence-electron chi connectivity index (χ2n) is 11.4. The first kappa shape index (κ1) is 27.8. The van der Waals surface area contributed by atoms with E-state index in [0.717, 1.165) is 66.5 Å². The van der Waals surface area contributed by atoms with Gasteiger partial charge in [-0.05, 0) is 68.7 Å². The van der Waals surface area contributed by atoms with Gasteiger partial charge in [0, 0.05) is 18.0 Å². The summed E-state index contributed by atoms with van der Waals surface area (Å²) < 4.78 is 9.66. The van der Waals surface area contributed by atoms with Gasteiger partial charge in [0.25, 0.3) is 5.56 Å². The molecular formula is C32H37N5O3. The molecule has 1 fully saturated rings. The predicted molar refractivity (Wildman–Crippen MR) is 154 cm³/mol. The Morgan fingerprint density at radius 1 is 1.10 bits per heavy atom. The number of aromatic nitrogens is 4. The molecule has 0 unspecified atom stereocenters. The van der Waals surface area contributed by atoms with Gasteiger partial charge in [-0.1, -0.05) is 55.8 Å². The maximum absolute atomic E-state index is 14.2. The van der Waals surface area contributed by atoms with E-state index in [1.165, 1.54) is 6.33 Å². The van der Waals surface area contributed by atoms with E-state index >= 15 is 0 Å². The van der Waals surface area contributed by atoms with E-state index in [1.54, 1.807) is 13.8 Å². The van der Waals surface area contributed by atoms with Crippen LogP contribution in [0.1, 0.15) is 81.3 Å². The Morgan fingerprint density at radius 3 is 2.50 bits per heavy atom. The molecule has 0 spiro atoms. The van der Waals surface area contributed by atoms with Gasteiger partial charge in [-0.25, -0.2) is 4.52 Å². The first-order chi connectivity index (χ1) is 19.3. The van der Waals surface area contributed by atoms with Crippen LogP contribution < -0.4 is 5.56 Å². The molecule has 1 saturated carbocycles. The fourth-order valence-corrected chi connectivity index (χ4v) is 5.71. The van der Waals surface area contributed by atoms with Crippen LogP contribution >= 0.6 is 0 Å². The highest BCUT2D eigenvalue weighted by atomic mass is 16.5. The summed E-state index contributed by atoms with van der Waals surface area (Å²) >= 11 is 0. The molecular weight excluding hydrogens is 502 g/mol. The van der Waals surface area contributed by atoms with Crippen molar-refractivity contribution in [2.24, 2.45) is 0 Å². The molecule has 2 heterocycles. The lowest BCUT2D eigenvalue weighted by atomic mass is 9.92. The zero-order valence-corrected chi connectivity index (χ0v) is 23.5. The Balaban J connectivity index is 1.45. The van der Waals surface area contributed by atoms with Crippen molar-refractivity contribution in [1.29, 1.82) is 5.26 Å². The predicted octanol–water partition coefficient (Wildman–Crippen LogP) is 5.24. The first-order valence-corrected chi connectivity index (χ1v) is 14.2. The van der Waals surface area contributed by atoms with Crippen LogP contribution in [-0.4, -0.2) is 42.6 Å². The summed E-state index contributed by atoms with van der Waals surface area (Å²) in [6, 6.07) is 18.0. The van der Waals surface area contributed by atoms with E-state index in [1.807, 2.05) is 57.6 Å². The summed E-state index contributed by atoms with van der Waals surface area (Å²) in [5.41, 5.74) is 4.36. The lowest BCUT2D eigenvalue weighted by Crippen LogP contribution is -2.36. The van der Waals surface area contributed by atoms with Crippen LogP contribution in [0.2, 0.25) is 0 Å².